The summed E-state index contributed by atoms with van der Waals surface area (Å²) in [7, 11) is 0. The SMILES string of the molecule is Cc1cc2cc(NC(=O)OCc3ccccc3)c(=O)oc2cc1C. The molecular weight excluding hydrogens is 306 g/mol. The lowest BCUT2D eigenvalue weighted by Crippen LogP contribution is -2.18. The highest BCUT2D eigenvalue weighted by Gasteiger charge is 2.11. The van der Waals surface area contributed by atoms with Gasteiger partial charge in [0.2, 0.25) is 0 Å². The lowest BCUT2D eigenvalue weighted by Gasteiger charge is -2.08. The van der Waals surface area contributed by atoms with Crippen LogP contribution in [0.15, 0.2) is 57.7 Å². The van der Waals surface area contributed by atoms with Gasteiger partial charge in [-0.2, -0.15) is 0 Å². The third kappa shape index (κ3) is 3.46. The number of aryl methyl sites for hydroxylation is 2. The standard InChI is InChI=1S/C19H17NO4/c1-12-8-15-10-16(18(21)24-17(15)9-13(12)2)20-19(22)23-11-14-6-4-3-5-7-14/h3-10H,11H2,1-2H3,(H,20,22). The normalized spacial score (nSPS) is 10.6. The number of hydrogen-bond acceptors (Lipinski definition) is 4. The van der Waals surface area contributed by atoms with Gasteiger partial charge in [-0.1, -0.05) is 30.3 Å². The first-order valence-electron chi connectivity index (χ1n) is 7.56. The van der Waals surface area contributed by atoms with Gasteiger partial charge in [0.15, 0.2) is 0 Å². The Labute approximate surface area is 138 Å². The second-order valence-corrected chi connectivity index (χ2v) is 5.61. The molecule has 1 amide bonds. The molecule has 5 heteroatoms. The monoisotopic (exact) mass is 323 g/mol. The summed E-state index contributed by atoms with van der Waals surface area (Å²) >= 11 is 0. The molecule has 3 aromatic rings. The number of carbonyl (C=O) groups is 1. The topological polar surface area (TPSA) is 68.5 Å². The highest BCUT2D eigenvalue weighted by molar-refractivity contribution is 5.88. The third-order valence-corrected chi connectivity index (χ3v) is 3.80. The van der Waals surface area contributed by atoms with E-state index in [2.05, 4.69) is 5.32 Å². The molecule has 0 atom stereocenters. The van der Waals surface area contributed by atoms with Gasteiger partial charge in [-0.15, -0.1) is 0 Å². The van der Waals surface area contributed by atoms with Crippen LogP contribution in [0.2, 0.25) is 0 Å². The molecule has 3 rings (SSSR count). The fourth-order valence-corrected chi connectivity index (χ4v) is 2.34. The van der Waals surface area contributed by atoms with Crippen LogP contribution in [0, 0.1) is 13.8 Å². The van der Waals surface area contributed by atoms with Crippen LogP contribution in [0.25, 0.3) is 11.0 Å². The Morgan fingerprint density at radius 1 is 1.08 bits per heavy atom. The summed E-state index contributed by atoms with van der Waals surface area (Å²) in [5.74, 6) is 0. The molecule has 0 aliphatic rings. The molecule has 0 saturated carbocycles. The predicted octanol–water partition coefficient (Wildman–Crippen LogP) is 4.16. The van der Waals surface area contributed by atoms with Crippen LogP contribution in [0.5, 0.6) is 0 Å². The number of fused-ring (bicyclic) bond motifs is 1. The number of rotatable bonds is 3. The maximum absolute atomic E-state index is 12.0. The Bertz CT molecular complexity index is 945. The molecule has 0 spiro atoms. The zero-order chi connectivity index (χ0) is 17.1. The molecular formula is C19H17NO4. The van der Waals surface area contributed by atoms with Crippen molar-refractivity contribution in [2.24, 2.45) is 0 Å². The molecule has 0 bridgehead atoms. The minimum absolute atomic E-state index is 0.0591. The molecule has 5 nitrogen and oxygen atoms in total. The van der Waals surface area contributed by atoms with E-state index >= 15 is 0 Å². The summed E-state index contributed by atoms with van der Waals surface area (Å²) in [4.78, 5) is 23.9. The van der Waals surface area contributed by atoms with E-state index < -0.39 is 11.7 Å². The van der Waals surface area contributed by atoms with Gasteiger partial charge in [-0.25, -0.2) is 9.59 Å². The molecule has 0 aliphatic carbocycles. The van der Waals surface area contributed by atoms with E-state index in [0.29, 0.717) is 5.58 Å². The Hall–Kier alpha value is -3.08. The number of amides is 1. The molecule has 0 saturated heterocycles. The van der Waals surface area contributed by atoms with Gasteiger partial charge in [0.25, 0.3) is 0 Å². The predicted molar refractivity (Wildman–Crippen MR) is 92.2 cm³/mol. The minimum atomic E-state index is -0.700. The smallest absolute Gasteiger partial charge is 0.412 e. The number of anilines is 1. The van der Waals surface area contributed by atoms with Gasteiger partial charge < -0.3 is 9.15 Å². The summed E-state index contributed by atoms with van der Waals surface area (Å²) in [6.45, 7) is 4.05. The summed E-state index contributed by atoms with van der Waals surface area (Å²) < 4.78 is 10.4. The van der Waals surface area contributed by atoms with Crippen molar-refractivity contribution in [3.63, 3.8) is 0 Å². The summed E-state index contributed by atoms with van der Waals surface area (Å²) in [5, 5.41) is 3.19. The van der Waals surface area contributed by atoms with Crippen LogP contribution in [0.4, 0.5) is 10.5 Å². The first-order valence-corrected chi connectivity index (χ1v) is 7.56. The summed E-state index contributed by atoms with van der Waals surface area (Å²) in [6, 6.07) is 14.6. The van der Waals surface area contributed by atoms with Crippen LogP contribution in [0.1, 0.15) is 16.7 Å². The Kier molecular flexibility index (Phi) is 4.33. The van der Waals surface area contributed by atoms with Crippen molar-refractivity contribution in [1.82, 2.24) is 0 Å². The van der Waals surface area contributed by atoms with Gasteiger partial charge >= 0.3 is 11.7 Å². The average molecular weight is 323 g/mol. The van der Waals surface area contributed by atoms with Crippen molar-refractivity contribution < 1.29 is 13.9 Å². The van der Waals surface area contributed by atoms with Gasteiger partial charge in [0, 0.05) is 5.39 Å². The van der Waals surface area contributed by atoms with E-state index in [1.165, 1.54) is 0 Å². The summed E-state index contributed by atoms with van der Waals surface area (Å²) in [6.07, 6.45) is -0.700. The van der Waals surface area contributed by atoms with E-state index in [9.17, 15) is 9.59 Å². The first-order chi connectivity index (χ1) is 11.5. The maximum Gasteiger partial charge on any atom is 0.412 e. The zero-order valence-corrected chi connectivity index (χ0v) is 13.5. The van der Waals surface area contributed by atoms with Crippen molar-refractivity contribution in [1.29, 1.82) is 0 Å². The van der Waals surface area contributed by atoms with E-state index in [0.717, 1.165) is 22.1 Å². The van der Waals surface area contributed by atoms with E-state index in [1.54, 1.807) is 6.07 Å². The number of benzene rings is 2. The number of ether oxygens (including phenoxy) is 1. The molecule has 0 unspecified atom stereocenters. The van der Waals surface area contributed by atoms with Crippen LogP contribution in [-0.2, 0) is 11.3 Å². The molecule has 1 N–H and O–H groups in total. The quantitative estimate of drug-likeness (QED) is 0.735. The van der Waals surface area contributed by atoms with Gasteiger partial charge in [0.1, 0.15) is 17.9 Å². The second-order valence-electron chi connectivity index (χ2n) is 5.61. The van der Waals surface area contributed by atoms with E-state index in [4.69, 9.17) is 9.15 Å². The number of carbonyl (C=O) groups excluding carboxylic acids is 1. The lowest BCUT2D eigenvalue weighted by atomic mass is 10.1. The molecule has 0 aliphatic heterocycles. The van der Waals surface area contributed by atoms with Crippen molar-refractivity contribution in [3.8, 4) is 0 Å². The number of hydrogen-bond donors (Lipinski definition) is 1. The fraction of sp³-hybridized carbons (Fsp3) is 0.158. The molecule has 2 aromatic carbocycles. The third-order valence-electron chi connectivity index (χ3n) is 3.80. The van der Waals surface area contributed by atoms with Crippen molar-refractivity contribution in [2.75, 3.05) is 5.32 Å². The maximum atomic E-state index is 12.0. The van der Waals surface area contributed by atoms with E-state index in [1.807, 2.05) is 56.3 Å². The average Bonchev–Trinajstić information content (AvgIpc) is 2.57. The molecule has 0 radical (unpaired) electrons. The fourth-order valence-electron chi connectivity index (χ4n) is 2.34. The molecule has 0 fully saturated rings. The highest BCUT2D eigenvalue weighted by Crippen LogP contribution is 2.20. The Morgan fingerprint density at radius 3 is 2.54 bits per heavy atom. The molecule has 122 valence electrons. The Balaban J connectivity index is 1.77. The van der Waals surface area contributed by atoms with Crippen LogP contribution in [0.3, 0.4) is 0 Å². The van der Waals surface area contributed by atoms with Gasteiger partial charge in [-0.05, 0) is 48.7 Å². The Morgan fingerprint density at radius 2 is 1.79 bits per heavy atom. The minimum Gasteiger partial charge on any atom is -0.444 e. The van der Waals surface area contributed by atoms with Gasteiger partial charge in [0.05, 0.1) is 0 Å². The van der Waals surface area contributed by atoms with Crippen LogP contribution >= 0.6 is 0 Å². The molecule has 24 heavy (non-hydrogen) atoms. The highest BCUT2D eigenvalue weighted by atomic mass is 16.5. The summed E-state index contributed by atoms with van der Waals surface area (Å²) in [5.41, 5.74) is 2.92. The lowest BCUT2D eigenvalue weighted by molar-refractivity contribution is 0.155. The first kappa shape index (κ1) is 15.8. The molecule has 1 aromatic heterocycles. The van der Waals surface area contributed by atoms with E-state index in [-0.39, 0.29) is 12.3 Å². The zero-order valence-electron chi connectivity index (χ0n) is 13.5. The van der Waals surface area contributed by atoms with Crippen molar-refractivity contribution in [3.05, 3.63) is 75.6 Å². The van der Waals surface area contributed by atoms with Gasteiger partial charge in [-0.3, -0.25) is 5.32 Å². The largest absolute Gasteiger partial charge is 0.444 e. The number of nitrogens with one attached hydrogen (secondary N) is 1. The van der Waals surface area contributed by atoms with Crippen molar-refractivity contribution >= 4 is 22.7 Å². The van der Waals surface area contributed by atoms with Crippen molar-refractivity contribution in [2.45, 2.75) is 20.5 Å². The molecule has 1 heterocycles. The van der Waals surface area contributed by atoms with Crippen LogP contribution < -0.4 is 10.9 Å². The second kappa shape index (κ2) is 6.58. The van der Waals surface area contributed by atoms with Crippen LogP contribution in [-0.4, -0.2) is 6.09 Å².